The van der Waals surface area contributed by atoms with E-state index in [2.05, 4.69) is 10.3 Å². The molecule has 0 aliphatic heterocycles. The van der Waals surface area contributed by atoms with Gasteiger partial charge in [-0.1, -0.05) is 48.5 Å². The zero-order chi connectivity index (χ0) is 17.9. The Morgan fingerprint density at radius 2 is 1.77 bits per heavy atom. The molecule has 4 rings (SSSR count). The van der Waals surface area contributed by atoms with Crippen molar-refractivity contribution in [2.24, 2.45) is 0 Å². The van der Waals surface area contributed by atoms with Gasteiger partial charge < -0.3 is 9.73 Å². The maximum Gasteiger partial charge on any atom is 0.268 e. The molecule has 1 N–H and O–H groups in total. The minimum atomic E-state index is -0.173. The van der Waals surface area contributed by atoms with E-state index in [4.69, 9.17) is 4.42 Å². The predicted molar refractivity (Wildman–Crippen MR) is 104 cm³/mol. The second kappa shape index (κ2) is 6.98. The molecule has 0 saturated carbocycles. The fraction of sp³-hybridized carbons (Fsp3) is 0.0476. The van der Waals surface area contributed by atoms with Crippen molar-refractivity contribution >= 4 is 22.9 Å². The molecule has 0 aliphatic rings. The van der Waals surface area contributed by atoms with Crippen LogP contribution in [0.1, 0.15) is 15.2 Å². The number of amides is 1. The second-order valence-corrected chi connectivity index (χ2v) is 6.81. The number of hydrogen-bond donors (Lipinski definition) is 1. The third-order valence-corrected chi connectivity index (χ3v) is 5.07. The zero-order valence-corrected chi connectivity index (χ0v) is 14.9. The molecule has 5 heteroatoms. The van der Waals surface area contributed by atoms with Crippen LogP contribution in [0, 0.1) is 6.92 Å². The van der Waals surface area contributed by atoms with Gasteiger partial charge in [0.1, 0.15) is 4.88 Å². The largest absolute Gasteiger partial charge is 0.462 e. The van der Waals surface area contributed by atoms with Crippen LogP contribution >= 0.6 is 11.3 Å². The molecule has 128 valence electrons. The minimum absolute atomic E-state index is 0.173. The summed E-state index contributed by atoms with van der Waals surface area (Å²) in [5, 5.41) is 3.68. The number of hydrogen-bond acceptors (Lipinski definition) is 4. The highest BCUT2D eigenvalue weighted by Crippen LogP contribution is 2.34. The van der Waals surface area contributed by atoms with Crippen LogP contribution in [0.5, 0.6) is 0 Å². The van der Waals surface area contributed by atoms with Crippen molar-refractivity contribution < 1.29 is 9.21 Å². The summed E-state index contributed by atoms with van der Waals surface area (Å²) in [4.78, 5) is 18.2. The number of furan rings is 1. The summed E-state index contributed by atoms with van der Waals surface area (Å²) in [5.41, 5.74) is 3.37. The number of aromatic nitrogens is 1. The first-order chi connectivity index (χ1) is 12.7. The summed E-state index contributed by atoms with van der Waals surface area (Å²) in [5.74, 6) is 0.482. The number of nitrogens with one attached hydrogen (secondary N) is 1. The maximum atomic E-state index is 13.0. The van der Waals surface area contributed by atoms with Crippen molar-refractivity contribution in [1.82, 2.24) is 4.98 Å². The second-order valence-electron chi connectivity index (χ2n) is 5.81. The first kappa shape index (κ1) is 16.3. The molecule has 0 aliphatic carbocycles. The Kier molecular flexibility index (Phi) is 4.37. The highest BCUT2D eigenvalue weighted by molar-refractivity contribution is 7.17. The van der Waals surface area contributed by atoms with Crippen molar-refractivity contribution in [2.75, 3.05) is 5.32 Å². The molecular formula is C21H16N2O2S. The van der Waals surface area contributed by atoms with Crippen LogP contribution in [0.3, 0.4) is 0 Å². The molecule has 0 radical (unpaired) electrons. The van der Waals surface area contributed by atoms with Gasteiger partial charge in [0.05, 0.1) is 12.0 Å². The highest BCUT2D eigenvalue weighted by atomic mass is 32.1. The Morgan fingerprint density at radius 3 is 2.50 bits per heavy atom. The molecule has 0 spiro atoms. The number of aryl methyl sites for hydroxylation is 1. The molecule has 0 saturated heterocycles. The Bertz CT molecular complexity index is 1040. The van der Waals surface area contributed by atoms with Gasteiger partial charge >= 0.3 is 0 Å². The lowest BCUT2D eigenvalue weighted by Gasteiger charge is -2.08. The molecule has 2 heterocycles. The Labute approximate surface area is 155 Å². The van der Waals surface area contributed by atoms with Crippen LogP contribution < -0.4 is 5.32 Å². The highest BCUT2D eigenvalue weighted by Gasteiger charge is 2.21. The Hall–Kier alpha value is -3.18. The number of benzene rings is 2. The van der Waals surface area contributed by atoms with E-state index in [9.17, 15) is 4.79 Å². The molecular weight excluding hydrogens is 344 g/mol. The van der Waals surface area contributed by atoms with Gasteiger partial charge in [0, 0.05) is 11.3 Å². The van der Waals surface area contributed by atoms with Gasteiger partial charge in [-0.15, -0.1) is 11.3 Å². The fourth-order valence-corrected chi connectivity index (χ4v) is 3.61. The van der Waals surface area contributed by atoms with Crippen LogP contribution in [0.4, 0.5) is 5.69 Å². The lowest BCUT2D eigenvalue weighted by Crippen LogP contribution is -2.12. The summed E-state index contributed by atoms with van der Waals surface area (Å²) in [6.45, 7) is 1.97. The molecule has 1 amide bonds. The quantitative estimate of drug-likeness (QED) is 0.513. The Balaban J connectivity index is 1.76. The number of nitrogens with zero attached hydrogens (tertiary/aromatic N) is 1. The molecule has 2 aromatic heterocycles. The van der Waals surface area contributed by atoms with Gasteiger partial charge in [0.25, 0.3) is 5.91 Å². The fourth-order valence-electron chi connectivity index (χ4n) is 2.66. The Morgan fingerprint density at radius 1 is 1.00 bits per heavy atom. The summed E-state index contributed by atoms with van der Waals surface area (Å²) in [6, 6.07) is 21.1. The van der Waals surface area contributed by atoms with E-state index in [1.165, 1.54) is 11.3 Å². The number of thiazole rings is 1. The van der Waals surface area contributed by atoms with Gasteiger partial charge in [-0.05, 0) is 30.7 Å². The lowest BCUT2D eigenvalue weighted by atomic mass is 10.1. The van der Waals surface area contributed by atoms with Crippen LogP contribution in [-0.4, -0.2) is 10.9 Å². The van der Waals surface area contributed by atoms with Crippen LogP contribution in [0.25, 0.3) is 22.0 Å². The number of para-hydroxylation sites is 1. The average Bonchev–Trinajstić information content (AvgIpc) is 3.34. The van der Waals surface area contributed by atoms with Crippen molar-refractivity contribution in [2.45, 2.75) is 6.92 Å². The predicted octanol–water partition coefficient (Wildman–Crippen LogP) is 5.63. The maximum absolute atomic E-state index is 13.0. The zero-order valence-electron chi connectivity index (χ0n) is 14.1. The van der Waals surface area contributed by atoms with Crippen LogP contribution in [-0.2, 0) is 0 Å². The topological polar surface area (TPSA) is 55.1 Å². The van der Waals surface area contributed by atoms with Crippen molar-refractivity contribution in [3.8, 4) is 22.0 Å². The normalized spacial score (nSPS) is 10.7. The van der Waals surface area contributed by atoms with E-state index in [0.717, 1.165) is 16.8 Å². The summed E-state index contributed by atoms with van der Waals surface area (Å²) in [6.07, 6.45) is 1.60. The molecule has 2 aromatic carbocycles. The molecule has 0 fully saturated rings. The number of anilines is 1. The van der Waals surface area contributed by atoms with Gasteiger partial charge in [-0.3, -0.25) is 4.79 Å². The van der Waals surface area contributed by atoms with E-state index in [1.54, 1.807) is 6.26 Å². The van der Waals surface area contributed by atoms with Crippen molar-refractivity contribution in [3.05, 3.63) is 83.4 Å². The molecule has 0 bridgehead atoms. The monoisotopic (exact) mass is 360 g/mol. The molecule has 4 aromatic rings. The smallest absolute Gasteiger partial charge is 0.268 e. The number of carbonyl (C=O) groups excluding carboxylic acids is 1. The third-order valence-electron chi connectivity index (χ3n) is 4.01. The van der Waals surface area contributed by atoms with Gasteiger partial charge in [0.15, 0.2) is 10.8 Å². The number of rotatable bonds is 4. The summed E-state index contributed by atoms with van der Waals surface area (Å²) in [7, 11) is 0. The van der Waals surface area contributed by atoms with E-state index in [1.807, 2.05) is 73.7 Å². The summed E-state index contributed by atoms with van der Waals surface area (Å²) < 4.78 is 5.46. The van der Waals surface area contributed by atoms with Crippen LogP contribution in [0.2, 0.25) is 0 Å². The first-order valence-electron chi connectivity index (χ1n) is 8.19. The molecule has 4 nitrogen and oxygen atoms in total. The van der Waals surface area contributed by atoms with Gasteiger partial charge in [-0.25, -0.2) is 4.98 Å². The standard InChI is InChI=1S/C21H16N2O2S/c1-14-8-5-6-11-16(14)22-20(24)19-18(15-9-3-2-4-10-15)23-21(26-19)17-12-7-13-25-17/h2-13H,1H3,(H,22,24). The van der Waals surface area contributed by atoms with E-state index in [0.29, 0.717) is 21.3 Å². The van der Waals surface area contributed by atoms with Gasteiger partial charge in [-0.2, -0.15) is 0 Å². The summed E-state index contributed by atoms with van der Waals surface area (Å²) >= 11 is 1.33. The third kappa shape index (κ3) is 3.17. The lowest BCUT2D eigenvalue weighted by molar-refractivity contribution is 0.103. The van der Waals surface area contributed by atoms with E-state index >= 15 is 0 Å². The molecule has 0 atom stereocenters. The van der Waals surface area contributed by atoms with E-state index < -0.39 is 0 Å². The van der Waals surface area contributed by atoms with Crippen LogP contribution in [0.15, 0.2) is 77.4 Å². The minimum Gasteiger partial charge on any atom is -0.462 e. The van der Waals surface area contributed by atoms with Gasteiger partial charge in [0.2, 0.25) is 0 Å². The molecule has 0 unspecified atom stereocenters. The van der Waals surface area contributed by atoms with E-state index in [-0.39, 0.29) is 5.91 Å². The number of carbonyl (C=O) groups is 1. The first-order valence-corrected chi connectivity index (χ1v) is 9.01. The van der Waals surface area contributed by atoms with Crippen molar-refractivity contribution in [1.29, 1.82) is 0 Å². The molecule has 26 heavy (non-hydrogen) atoms. The average molecular weight is 360 g/mol. The SMILES string of the molecule is Cc1ccccc1NC(=O)c1sc(-c2ccco2)nc1-c1ccccc1. The van der Waals surface area contributed by atoms with Crippen molar-refractivity contribution in [3.63, 3.8) is 0 Å².